The molecule has 0 bridgehead atoms. The molecule has 1 atom stereocenters. The molecule has 20 heavy (non-hydrogen) atoms. The minimum absolute atomic E-state index is 0.407. The summed E-state index contributed by atoms with van der Waals surface area (Å²) in [5.74, 6) is 0.940. The molecule has 112 valence electrons. The van der Waals surface area contributed by atoms with Crippen LogP contribution in [0.2, 0.25) is 0 Å². The summed E-state index contributed by atoms with van der Waals surface area (Å²) in [7, 11) is 2.09. The van der Waals surface area contributed by atoms with Gasteiger partial charge in [0.15, 0.2) is 0 Å². The number of benzene rings is 1. The Kier molecular flexibility index (Phi) is 5.50. The van der Waals surface area contributed by atoms with Gasteiger partial charge in [0.2, 0.25) is 0 Å². The van der Waals surface area contributed by atoms with Gasteiger partial charge >= 0.3 is 0 Å². The van der Waals surface area contributed by atoms with Crippen LogP contribution < -0.4 is 10.1 Å². The Bertz CT molecular complexity index is 441. The first kappa shape index (κ1) is 15.8. The Morgan fingerprint density at radius 1 is 1.30 bits per heavy atom. The summed E-state index contributed by atoms with van der Waals surface area (Å²) in [5, 5.41) is 3.57. The summed E-state index contributed by atoms with van der Waals surface area (Å²) in [5.41, 5.74) is 1.77. The first-order valence-electron chi connectivity index (χ1n) is 7.76. The van der Waals surface area contributed by atoms with Crippen molar-refractivity contribution in [3.8, 4) is 5.75 Å². The topological polar surface area (TPSA) is 21.3 Å². The van der Waals surface area contributed by atoms with Gasteiger partial charge in [0, 0.05) is 10.5 Å². The van der Waals surface area contributed by atoms with Crippen molar-refractivity contribution in [1.82, 2.24) is 5.32 Å². The van der Waals surface area contributed by atoms with E-state index in [-0.39, 0.29) is 0 Å². The summed E-state index contributed by atoms with van der Waals surface area (Å²) in [4.78, 5) is 0. The van der Waals surface area contributed by atoms with Crippen LogP contribution in [-0.2, 0) is 0 Å². The van der Waals surface area contributed by atoms with Gasteiger partial charge in [0.25, 0.3) is 0 Å². The van der Waals surface area contributed by atoms with Gasteiger partial charge in [0.1, 0.15) is 5.75 Å². The molecule has 1 N–H and O–H groups in total. The van der Waals surface area contributed by atoms with E-state index in [1.165, 1.54) is 37.7 Å². The van der Waals surface area contributed by atoms with E-state index < -0.39 is 0 Å². The number of nitrogens with one attached hydrogen (secondary N) is 1. The van der Waals surface area contributed by atoms with Gasteiger partial charge in [-0.15, -0.1) is 0 Å². The molecule has 0 amide bonds. The predicted molar refractivity (Wildman–Crippen MR) is 88.3 cm³/mol. The minimum atomic E-state index is 0.407. The predicted octanol–water partition coefficient (Wildman–Crippen LogP) is 5.08. The zero-order valence-electron chi connectivity index (χ0n) is 12.8. The Balaban J connectivity index is 2.31. The second kappa shape index (κ2) is 6.95. The van der Waals surface area contributed by atoms with Gasteiger partial charge in [-0.25, -0.2) is 0 Å². The molecular weight excluding hydrogens is 314 g/mol. The summed E-state index contributed by atoms with van der Waals surface area (Å²) < 4.78 is 6.74. The van der Waals surface area contributed by atoms with E-state index in [1.807, 2.05) is 6.92 Å². The second-order valence-corrected chi connectivity index (χ2v) is 6.62. The first-order valence-corrected chi connectivity index (χ1v) is 8.55. The Morgan fingerprint density at radius 2 is 2.00 bits per heavy atom. The van der Waals surface area contributed by atoms with E-state index >= 15 is 0 Å². The molecule has 0 aromatic heterocycles. The third-order valence-corrected chi connectivity index (χ3v) is 5.49. The molecule has 2 nitrogen and oxygen atoms in total. The summed E-state index contributed by atoms with van der Waals surface area (Å²) in [6.07, 6.45) is 6.61. The highest BCUT2D eigenvalue weighted by atomic mass is 79.9. The van der Waals surface area contributed by atoms with Crippen molar-refractivity contribution in [1.29, 1.82) is 0 Å². The van der Waals surface area contributed by atoms with E-state index in [4.69, 9.17) is 4.74 Å². The van der Waals surface area contributed by atoms with Crippen LogP contribution in [0.25, 0.3) is 0 Å². The normalized spacial score (nSPS) is 19.0. The van der Waals surface area contributed by atoms with Crippen molar-refractivity contribution in [3.05, 3.63) is 28.2 Å². The molecule has 1 aromatic carbocycles. The second-order valence-electron chi connectivity index (χ2n) is 5.76. The highest BCUT2D eigenvalue weighted by molar-refractivity contribution is 9.10. The molecule has 1 fully saturated rings. The number of ether oxygens (including phenoxy) is 1. The van der Waals surface area contributed by atoms with Crippen LogP contribution in [-0.4, -0.2) is 13.7 Å². The largest absolute Gasteiger partial charge is 0.494 e. The van der Waals surface area contributed by atoms with Crippen molar-refractivity contribution in [3.63, 3.8) is 0 Å². The van der Waals surface area contributed by atoms with E-state index in [0.29, 0.717) is 18.1 Å². The molecule has 0 heterocycles. The van der Waals surface area contributed by atoms with Crippen LogP contribution in [0.15, 0.2) is 22.7 Å². The van der Waals surface area contributed by atoms with Gasteiger partial charge in [-0.1, -0.05) is 41.8 Å². The van der Waals surface area contributed by atoms with E-state index in [0.717, 1.165) is 10.2 Å². The highest BCUT2D eigenvalue weighted by Gasteiger charge is 2.40. The molecule has 1 aromatic rings. The van der Waals surface area contributed by atoms with Crippen LogP contribution in [0.1, 0.15) is 57.6 Å². The fourth-order valence-corrected chi connectivity index (χ4v) is 4.30. The SMILES string of the molecule is CCOc1ccc(C(NC)C2(CC)CCCC2)c(Br)c1. The maximum absolute atomic E-state index is 5.58. The van der Waals surface area contributed by atoms with Crippen LogP contribution in [0.5, 0.6) is 5.75 Å². The molecule has 0 radical (unpaired) electrons. The zero-order valence-corrected chi connectivity index (χ0v) is 14.4. The Hall–Kier alpha value is -0.540. The fourth-order valence-electron chi connectivity index (χ4n) is 3.72. The molecule has 0 aliphatic heterocycles. The van der Waals surface area contributed by atoms with Crippen LogP contribution in [0.3, 0.4) is 0 Å². The molecule has 1 unspecified atom stereocenters. The van der Waals surface area contributed by atoms with Gasteiger partial charge in [-0.3, -0.25) is 0 Å². The lowest BCUT2D eigenvalue weighted by molar-refractivity contribution is 0.194. The number of halogens is 1. The van der Waals surface area contributed by atoms with Crippen LogP contribution >= 0.6 is 15.9 Å². The van der Waals surface area contributed by atoms with Crippen molar-refractivity contribution in [2.45, 2.75) is 52.0 Å². The quantitative estimate of drug-likeness (QED) is 0.780. The lowest BCUT2D eigenvalue weighted by atomic mass is 9.73. The van der Waals surface area contributed by atoms with Gasteiger partial charge in [-0.2, -0.15) is 0 Å². The zero-order chi connectivity index (χ0) is 14.6. The third-order valence-electron chi connectivity index (χ3n) is 4.80. The maximum Gasteiger partial charge on any atom is 0.120 e. The average Bonchev–Trinajstić information content (AvgIpc) is 2.92. The van der Waals surface area contributed by atoms with Crippen molar-refractivity contribution >= 4 is 15.9 Å². The Labute approximate surface area is 131 Å². The number of rotatable bonds is 6. The molecule has 0 saturated heterocycles. The summed E-state index contributed by atoms with van der Waals surface area (Å²) >= 11 is 3.74. The monoisotopic (exact) mass is 339 g/mol. The summed E-state index contributed by atoms with van der Waals surface area (Å²) in [6.45, 7) is 5.06. The highest BCUT2D eigenvalue weighted by Crippen LogP contribution is 2.51. The van der Waals surface area contributed by atoms with E-state index in [9.17, 15) is 0 Å². The van der Waals surface area contributed by atoms with Crippen molar-refractivity contribution in [2.24, 2.45) is 5.41 Å². The first-order chi connectivity index (χ1) is 9.66. The molecule has 3 heteroatoms. The van der Waals surface area contributed by atoms with Gasteiger partial charge in [-0.05, 0) is 56.3 Å². The minimum Gasteiger partial charge on any atom is -0.494 e. The Morgan fingerprint density at radius 3 is 2.50 bits per heavy atom. The van der Waals surface area contributed by atoms with E-state index in [2.05, 4.69) is 53.4 Å². The van der Waals surface area contributed by atoms with Crippen LogP contribution in [0.4, 0.5) is 0 Å². The van der Waals surface area contributed by atoms with E-state index in [1.54, 1.807) is 0 Å². The molecule has 1 aliphatic carbocycles. The molecule has 0 spiro atoms. The molecular formula is C17H26BrNO. The molecule has 1 aliphatic rings. The number of hydrogen-bond donors (Lipinski definition) is 1. The van der Waals surface area contributed by atoms with Gasteiger partial charge < -0.3 is 10.1 Å². The van der Waals surface area contributed by atoms with Crippen molar-refractivity contribution < 1.29 is 4.74 Å². The number of hydrogen-bond acceptors (Lipinski definition) is 2. The van der Waals surface area contributed by atoms with Crippen molar-refractivity contribution in [2.75, 3.05) is 13.7 Å². The molecule has 1 saturated carbocycles. The lowest BCUT2D eigenvalue weighted by Crippen LogP contribution is -2.34. The smallest absolute Gasteiger partial charge is 0.120 e. The molecule has 2 rings (SSSR count). The average molecular weight is 340 g/mol. The maximum atomic E-state index is 5.58. The standard InChI is InChI=1S/C17H26BrNO/c1-4-17(10-6-7-11-17)16(19-3)14-9-8-13(20-5-2)12-15(14)18/h8-9,12,16,19H,4-7,10-11H2,1-3H3. The lowest BCUT2D eigenvalue weighted by Gasteiger charge is -2.37. The van der Waals surface area contributed by atoms with Crippen LogP contribution in [0, 0.1) is 5.41 Å². The summed E-state index contributed by atoms with van der Waals surface area (Å²) in [6, 6.07) is 6.82. The third kappa shape index (κ3) is 3.04. The van der Waals surface area contributed by atoms with Gasteiger partial charge in [0.05, 0.1) is 6.61 Å². The fraction of sp³-hybridized carbons (Fsp3) is 0.647.